The molecule has 54 valence electrons. The van der Waals surface area contributed by atoms with Gasteiger partial charge in [0.25, 0.3) is 0 Å². The third kappa shape index (κ3) is 1.23. The summed E-state index contributed by atoms with van der Waals surface area (Å²) >= 11 is 0. The molecule has 0 heterocycles. The first-order valence-electron chi connectivity index (χ1n) is 2.77. The van der Waals surface area contributed by atoms with E-state index >= 15 is 0 Å². The predicted octanol–water partition coefficient (Wildman–Crippen LogP) is 2.00. The summed E-state index contributed by atoms with van der Waals surface area (Å²) in [6, 6.07) is 3.17. The van der Waals surface area contributed by atoms with E-state index in [0.29, 0.717) is 0 Å². The largest absolute Gasteiger partial charge is 0.508 e. The van der Waals surface area contributed by atoms with Crippen LogP contribution in [0.5, 0.6) is 5.75 Å². The molecule has 1 rings (SSSR count). The number of aromatic hydroxyl groups is 1. The van der Waals surface area contributed by atoms with E-state index in [-0.39, 0.29) is 11.3 Å². The number of halogens is 2. The number of phenols is 1. The minimum absolute atomic E-state index is 0.0139. The lowest BCUT2D eigenvalue weighted by atomic mass is 10.2. The van der Waals surface area contributed by atoms with Gasteiger partial charge in [-0.3, -0.25) is 0 Å². The molecule has 0 bridgehead atoms. The highest BCUT2D eigenvalue weighted by atomic mass is 19.1. The SMILES string of the molecule is Oc1ccc(F)cc1CF. The Kier molecular flexibility index (Phi) is 1.85. The maximum Gasteiger partial charge on any atom is 0.123 e. The molecule has 0 aliphatic rings. The molecular weight excluding hydrogens is 138 g/mol. The zero-order valence-corrected chi connectivity index (χ0v) is 5.14. The van der Waals surface area contributed by atoms with Gasteiger partial charge in [0.15, 0.2) is 0 Å². The van der Waals surface area contributed by atoms with E-state index in [0.717, 1.165) is 18.2 Å². The van der Waals surface area contributed by atoms with Crippen molar-refractivity contribution < 1.29 is 13.9 Å². The zero-order valence-electron chi connectivity index (χ0n) is 5.14. The van der Waals surface area contributed by atoms with Gasteiger partial charge in [0.1, 0.15) is 18.2 Å². The number of rotatable bonds is 1. The zero-order chi connectivity index (χ0) is 7.56. The Bertz CT molecular complexity index is 235. The molecular formula is C7H6F2O. The first-order valence-corrected chi connectivity index (χ1v) is 2.77. The second kappa shape index (κ2) is 2.64. The highest BCUT2D eigenvalue weighted by molar-refractivity contribution is 5.31. The van der Waals surface area contributed by atoms with Crippen LogP contribution in [-0.4, -0.2) is 5.11 Å². The molecule has 1 aromatic rings. The Labute approximate surface area is 56.9 Å². The van der Waals surface area contributed by atoms with Gasteiger partial charge in [0.2, 0.25) is 0 Å². The molecule has 10 heavy (non-hydrogen) atoms. The van der Waals surface area contributed by atoms with Crippen LogP contribution < -0.4 is 0 Å². The fraction of sp³-hybridized carbons (Fsp3) is 0.143. The van der Waals surface area contributed by atoms with Gasteiger partial charge < -0.3 is 5.11 Å². The number of phenolic OH excluding ortho intramolecular Hbond substituents is 1. The molecule has 0 aliphatic carbocycles. The average molecular weight is 144 g/mol. The van der Waals surface area contributed by atoms with Crippen LogP contribution in [0.25, 0.3) is 0 Å². The lowest BCUT2D eigenvalue weighted by Crippen LogP contribution is -1.81. The van der Waals surface area contributed by atoms with E-state index in [1.807, 2.05) is 0 Å². The summed E-state index contributed by atoms with van der Waals surface area (Å²) in [6.45, 7) is -0.844. The van der Waals surface area contributed by atoms with Crippen LogP contribution in [0, 0.1) is 5.82 Å². The molecule has 0 fully saturated rings. The number of benzene rings is 1. The van der Waals surface area contributed by atoms with Crippen molar-refractivity contribution in [3.63, 3.8) is 0 Å². The summed E-state index contributed by atoms with van der Waals surface area (Å²) in [4.78, 5) is 0. The Morgan fingerprint density at radius 2 is 2.10 bits per heavy atom. The van der Waals surface area contributed by atoms with Gasteiger partial charge in [-0.2, -0.15) is 0 Å². The van der Waals surface area contributed by atoms with Crippen molar-refractivity contribution in [2.45, 2.75) is 6.67 Å². The van der Waals surface area contributed by atoms with Crippen LogP contribution in [0.1, 0.15) is 5.56 Å². The topological polar surface area (TPSA) is 20.2 Å². The molecule has 0 unspecified atom stereocenters. The quantitative estimate of drug-likeness (QED) is 0.639. The molecule has 0 atom stereocenters. The molecule has 0 aliphatic heterocycles. The van der Waals surface area contributed by atoms with Crippen LogP contribution in [-0.2, 0) is 6.67 Å². The third-order valence-electron chi connectivity index (χ3n) is 1.19. The normalized spacial score (nSPS) is 9.80. The van der Waals surface area contributed by atoms with Crippen molar-refractivity contribution >= 4 is 0 Å². The molecule has 1 nitrogen and oxygen atoms in total. The van der Waals surface area contributed by atoms with Crippen molar-refractivity contribution in [3.05, 3.63) is 29.6 Å². The van der Waals surface area contributed by atoms with Gasteiger partial charge in [0, 0.05) is 5.56 Å². The van der Waals surface area contributed by atoms with Gasteiger partial charge >= 0.3 is 0 Å². The molecule has 0 spiro atoms. The maximum absolute atomic E-state index is 12.3. The molecule has 1 N–H and O–H groups in total. The highest BCUT2D eigenvalue weighted by Crippen LogP contribution is 2.18. The average Bonchev–Trinajstić information content (AvgIpc) is 1.94. The molecule has 3 heteroatoms. The van der Waals surface area contributed by atoms with E-state index in [2.05, 4.69) is 0 Å². The van der Waals surface area contributed by atoms with Gasteiger partial charge in [-0.25, -0.2) is 8.78 Å². The summed E-state index contributed by atoms with van der Waals surface area (Å²) < 4.78 is 24.1. The minimum Gasteiger partial charge on any atom is -0.508 e. The fourth-order valence-corrected chi connectivity index (χ4v) is 0.661. The summed E-state index contributed by atoms with van der Waals surface area (Å²) in [5.41, 5.74) is -0.0139. The van der Waals surface area contributed by atoms with E-state index in [9.17, 15) is 8.78 Å². The highest BCUT2D eigenvalue weighted by Gasteiger charge is 2.00. The van der Waals surface area contributed by atoms with E-state index in [4.69, 9.17) is 5.11 Å². The molecule has 0 amide bonds. The van der Waals surface area contributed by atoms with Crippen LogP contribution in [0.3, 0.4) is 0 Å². The number of hydrogen-bond donors (Lipinski definition) is 1. The van der Waals surface area contributed by atoms with Crippen molar-refractivity contribution in [3.8, 4) is 5.75 Å². The fourth-order valence-electron chi connectivity index (χ4n) is 0.661. The Hall–Kier alpha value is -1.12. The van der Waals surface area contributed by atoms with Gasteiger partial charge in [0.05, 0.1) is 0 Å². The Morgan fingerprint density at radius 3 is 2.60 bits per heavy atom. The standard InChI is InChI=1S/C7H6F2O/c8-4-5-3-6(9)1-2-7(5)10/h1-3,10H,4H2. The number of hydrogen-bond acceptors (Lipinski definition) is 1. The van der Waals surface area contributed by atoms with Crippen molar-refractivity contribution in [1.82, 2.24) is 0 Å². The van der Waals surface area contributed by atoms with Crippen LogP contribution in [0.15, 0.2) is 18.2 Å². The summed E-state index contributed by atoms with van der Waals surface area (Å²) in [7, 11) is 0. The monoisotopic (exact) mass is 144 g/mol. The summed E-state index contributed by atoms with van der Waals surface area (Å²) in [5, 5.41) is 8.83. The Morgan fingerprint density at radius 1 is 1.40 bits per heavy atom. The summed E-state index contributed by atoms with van der Waals surface area (Å²) in [5.74, 6) is -0.741. The summed E-state index contributed by atoms with van der Waals surface area (Å²) in [6.07, 6.45) is 0. The minimum atomic E-state index is -0.844. The molecule has 0 radical (unpaired) electrons. The molecule has 0 saturated heterocycles. The van der Waals surface area contributed by atoms with Gasteiger partial charge in [-0.05, 0) is 18.2 Å². The predicted molar refractivity (Wildman–Crippen MR) is 32.9 cm³/mol. The lowest BCUT2D eigenvalue weighted by Gasteiger charge is -1.97. The number of alkyl halides is 1. The van der Waals surface area contributed by atoms with Gasteiger partial charge in [-0.1, -0.05) is 0 Å². The van der Waals surface area contributed by atoms with Crippen molar-refractivity contribution in [2.24, 2.45) is 0 Å². The van der Waals surface area contributed by atoms with E-state index < -0.39 is 12.5 Å². The maximum atomic E-state index is 12.3. The first-order chi connectivity index (χ1) is 4.74. The van der Waals surface area contributed by atoms with Crippen LogP contribution in [0.4, 0.5) is 8.78 Å². The first kappa shape index (κ1) is 6.99. The van der Waals surface area contributed by atoms with E-state index in [1.54, 1.807) is 0 Å². The van der Waals surface area contributed by atoms with E-state index in [1.165, 1.54) is 0 Å². The molecule has 1 aromatic carbocycles. The third-order valence-corrected chi connectivity index (χ3v) is 1.19. The second-order valence-corrected chi connectivity index (χ2v) is 1.91. The Balaban J connectivity index is 3.09. The van der Waals surface area contributed by atoms with Crippen molar-refractivity contribution in [2.75, 3.05) is 0 Å². The second-order valence-electron chi connectivity index (χ2n) is 1.91. The smallest absolute Gasteiger partial charge is 0.123 e. The van der Waals surface area contributed by atoms with Gasteiger partial charge in [-0.15, -0.1) is 0 Å². The van der Waals surface area contributed by atoms with Crippen LogP contribution >= 0.6 is 0 Å². The van der Waals surface area contributed by atoms with Crippen molar-refractivity contribution in [1.29, 1.82) is 0 Å². The van der Waals surface area contributed by atoms with Crippen LogP contribution in [0.2, 0.25) is 0 Å². The molecule has 0 saturated carbocycles. The lowest BCUT2D eigenvalue weighted by molar-refractivity contribution is 0.429. The molecule has 0 aromatic heterocycles.